The van der Waals surface area contributed by atoms with Gasteiger partial charge < -0.3 is 10.5 Å². The molecule has 0 saturated heterocycles. The number of nitrogens with zero attached hydrogens (tertiary/aromatic N) is 3. The summed E-state index contributed by atoms with van der Waals surface area (Å²) in [4.78, 5) is 23.2. The van der Waals surface area contributed by atoms with E-state index in [9.17, 15) is 9.59 Å². The summed E-state index contributed by atoms with van der Waals surface area (Å²) in [5, 5.41) is 10.4. The fraction of sp³-hybridized carbons (Fsp3) is 0.273. The second-order valence-electron chi connectivity index (χ2n) is 3.70. The van der Waals surface area contributed by atoms with Crippen LogP contribution in [0.15, 0.2) is 22.7 Å². The number of hydrogen-bond acceptors (Lipinski definition) is 7. The van der Waals surface area contributed by atoms with Crippen molar-refractivity contribution in [3.05, 3.63) is 17.5 Å². The Labute approximate surface area is 123 Å². The first-order valence-electron chi connectivity index (χ1n) is 5.57. The van der Waals surface area contributed by atoms with Crippen LogP contribution in [0.3, 0.4) is 0 Å². The van der Waals surface area contributed by atoms with Crippen LogP contribution >= 0.6 is 23.1 Å². The molecule has 2 aromatic rings. The van der Waals surface area contributed by atoms with Gasteiger partial charge in [-0.05, 0) is 11.4 Å². The summed E-state index contributed by atoms with van der Waals surface area (Å²) in [5.74, 6) is -0.215. The lowest BCUT2D eigenvalue weighted by Gasteiger charge is -2.06. The fourth-order valence-electron chi connectivity index (χ4n) is 1.46. The van der Waals surface area contributed by atoms with Crippen molar-refractivity contribution in [1.82, 2.24) is 14.8 Å². The number of carbonyl (C=O) groups excluding carboxylic acids is 2. The molecule has 0 aliphatic heterocycles. The number of rotatable bonds is 6. The molecule has 2 rings (SSSR count). The van der Waals surface area contributed by atoms with E-state index >= 15 is 0 Å². The predicted molar refractivity (Wildman–Crippen MR) is 75.3 cm³/mol. The summed E-state index contributed by atoms with van der Waals surface area (Å²) in [6, 6.07) is 3.76. The van der Waals surface area contributed by atoms with E-state index in [1.807, 2.05) is 17.5 Å². The number of nitrogens with two attached hydrogens (primary N) is 1. The molecule has 0 atom stereocenters. The molecule has 0 spiro atoms. The van der Waals surface area contributed by atoms with Gasteiger partial charge in [-0.2, -0.15) is 0 Å². The van der Waals surface area contributed by atoms with Crippen LogP contribution in [0.25, 0.3) is 10.7 Å². The summed E-state index contributed by atoms with van der Waals surface area (Å²) in [6.45, 7) is -0.0380. The molecule has 0 bridgehead atoms. The Morgan fingerprint density at radius 1 is 1.50 bits per heavy atom. The van der Waals surface area contributed by atoms with Gasteiger partial charge in [-0.25, -0.2) is 0 Å². The third-order valence-electron chi connectivity index (χ3n) is 2.32. The quantitative estimate of drug-likeness (QED) is 0.624. The normalized spacial score (nSPS) is 10.4. The van der Waals surface area contributed by atoms with Crippen LogP contribution in [0.4, 0.5) is 0 Å². The first-order valence-corrected chi connectivity index (χ1v) is 7.43. The minimum atomic E-state index is -0.498. The van der Waals surface area contributed by atoms with Crippen molar-refractivity contribution >= 4 is 35.0 Å². The number of carbonyl (C=O) groups is 2. The third-order valence-corrected chi connectivity index (χ3v) is 4.13. The lowest BCUT2D eigenvalue weighted by molar-refractivity contribution is -0.137. The molecular formula is C11H12N4O3S2. The summed E-state index contributed by atoms with van der Waals surface area (Å²) >= 11 is 2.63. The molecule has 0 aliphatic rings. The molecule has 0 unspecified atom stereocenters. The Balaban J connectivity index is 2.27. The summed E-state index contributed by atoms with van der Waals surface area (Å²) in [7, 11) is 1.31. The lowest BCUT2D eigenvalue weighted by atomic mass is 10.4. The van der Waals surface area contributed by atoms with Gasteiger partial charge >= 0.3 is 5.97 Å². The highest BCUT2D eigenvalue weighted by Crippen LogP contribution is 2.27. The van der Waals surface area contributed by atoms with Gasteiger partial charge in [0.05, 0.1) is 17.7 Å². The number of primary amides is 1. The molecule has 106 valence electrons. The molecule has 2 heterocycles. The molecule has 0 saturated carbocycles. The van der Waals surface area contributed by atoms with Crippen molar-refractivity contribution in [2.75, 3.05) is 12.9 Å². The first-order chi connectivity index (χ1) is 9.61. The topological polar surface area (TPSA) is 100 Å². The maximum atomic E-state index is 11.2. The summed E-state index contributed by atoms with van der Waals surface area (Å²) in [6.07, 6.45) is 0. The number of aromatic nitrogens is 3. The molecule has 2 aromatic heterocycles. The molecule has 7 nitrogen and oxygen atoms in total. The highest BCUT2D eigenvalue weighted by atomic mass is 32.2. The summed E-state index contributed by atoms with van der Waals surface area (Å²) < 4.78 is 6.16. The van der Waals surface area contributed by atoms with Crippen LogP contribution in [0.1, 0.15) is 0 Å². The van der Waals surface area contributed by atoms with Crippen molar-refractivity contribution in [1.29, 1.82) is 0 Å². The zero-order valence-electron chi connectivity index (χ0n) is 10.6. The minimum absolute atomic E-state index is 0.0380. The van der Waals surface area contributed by atoms with Gasteiger partial charge in [0.2, 0.25) is 5.91 Å². The Hall–Kier alpha value is -1.87. The van der Waals surface area contributed by atoms with Gasteiger partial charge in [-0.1, -0.05) is 17.8 Å². The van der Waals surface area contributed by atoms with Crippen LogP contribution in [-0.2, 0) is 20.9 Å². The highest BCUT2D eigenvalue weighted by Gasteiger charge is 2.17. The second kappa shape index (κ2) is 6.53. The Kier molecular flexibility index (Phi) is 4.74. The van der Waals surface area contributed by atoms with E-state index in [2.05, 4.69) is 14.9 Å². The smallest absolute Gasteiger partial charge is 0.316 e. The fourth-order valence-corrected chi connectivity index (χ4v) is 2.95. The number of amides is 1. The zero-order valence-corrected chi connectivity index (χ0v) is 12.2. The van der Waals surface area contributed by atoms with Crippen molar-refractivity contribution < 1.29 is 14.3 Å². The molecule has 0 fully saturated rings. The van der Waals surface area contributed by atoms with Crippen molar-refractivity contribution in [2.24, 2.45) is 5.73 Å². The van der Waals surface area contributed by atoms with Gasteiger partial charge in [0.25, 0.3) is 0 Å². The molecule has 2 N–H and O–H groups in total. The molecule has 0 radical (unpaired) electrons. The van der Waals surface area contributed by atoms with E-state index in [-0.39, 0.29) is 18.3 Å². The van der Waals surface area contributed by atoms with E-state index in [1.54, 1.807) is 4.57 Å². The predicted octanol–water partition coefficient (Wildman–Crippen LogP) is 0.757. The maximum Gasteiger partial charge on any atom is 0.316 e. The number of thiophene rings is 1. The SMILES string of the molecule is COC(=O)CSc1nnc(-c2cccs2)n1CC(N)=O. The largest absolute Gasteiger partial charge is 0.468 e. The van der Waals surface area contributed by atoms with Crippen LogP contribution in [0, 0.1) is 0 Å². The first kappa shape index (κ1) is 14.5. The van der Waals surface area contributed by atoms with Crippen LogP contribution < -0.4 is 5.73 Å². The number of esters is 1. The maximum absolute atomic E-state index is 11.2. The molecule has 9 heteroatoms. The van der Waals surface area contributed by atoms with Gasteiger partial charge in [-0.15, -0.1) is 21.5 Å². The Morgan fingerprint density at radius 2 is 2.30 bits per heavy atom. The molecule has 20 heavy (non-hydrogen) atoms. The van der Waals surface area contributed by atoms with Gasteiger partial charge in [-0.3, -0.25) is 14.2 Å². The van der Waals surface area contributed by atoms with E-state index < -0.39 is 5.91 Å². The molecule has 0 aliphatic carbocycles. The van der Waals surface area contributed by atoms with E-state index in [4.69, 9.17) is 5.73 Å². The van der Waals surface area contributed by atoms with Crippen molar-refractivity contribution in [2.45, 2.75) is 11.7 Å². The third kappa shape index (κ3) is 3.36. The Morgan fingerprint density at radius 3 is 2.90 bits per heavy atom. The number of hydrogen-bond donors (Lipinski definition) is 1. The average molecular weight is 312 g/mol. The van der Waals surface area contributed by atoms with E-state index in [0.717, 1.165) is 16.6 Å². The lowest BCUT2D eigenvalue weighted by Crippen LogP contribution is -2.20. The molecular weight excluding hydrogens is 300 g/mol. The second-order valence-corrected chi connectivity index (χ2v) is 5.59. The number of thioether (sulfide) groups is 1. The highest BCUT2D eigenvalue weighted by molar-refractivity contribution is 7.99. The van der Waals surface area contributed by atoms with Crippen LogP contribution in [0.5, 0.6) is 0 Å². The average Bonchev–Trinajstić information content (AvgIpc) is 3.04. The van der Waals surface area contributed by atoms with Gasteiger partial charge in [0.1, 0.15) is 6.54 Å². The van der Waals surface area contributed by atoms with Crippen LogP contribution in [-0.4, -0.2) is 39.5 Å². The van der Waals surface area contributed by atoms with E-state index in [0.29, 0.717) is 11.0 Å². The minimum Gasteiger partial charge on any atom is -0.468 e. The molecule has 1 amide bonds. The van der Waals surface area contributed by atoms with E-state index in [1.165, 1.54) is 18.4 Å². The summed E-state index contributed by atoms with van der Waals surface area (Å²) in [5.41, 5.74) is 5.24. The molecule has 0 aromatic carbocycles. The van der Waals surface area contributed by atoms with Gasteiger partial charge in [0.15, 0.2) is 11.0 Å². The Bertz CT molecular complexity index is 609. The number of methoxy groups -OCH3 is 1. The van der Waals surface area contributed by atoms with Crippen molar-refractivity contribution in [3.63, 3.8) is 0 Å². The van der Waals surface area contributed by atoms with Gasteiger partial charge in [0, 0.05) is 0 Å². The van der Waals surface area contributed by atoms with Crippen molar-refractivity contribution in [3.8, 4) is 10.7 Å². The van der Waals surface area contributed by atoms with Crippen LogP contribution in [0.2, 0.25) is 0 Å². The number of ether oxygens (including phenoxy) is 1. The monoisotopic (exact) mass is 312 g/mol. The zero-order chi connectivity index (χ0) is 14.5. The standard InChI is InChI=1S/C11H12N4O3S2/c1-18-9(17)6-20-11-14-13-10(7-3-2-4-19-7)15(11)5-8(12)16/h2-4H,5-6H2,1H3,(H2,12,16).